The lowest BCUT2D eigenvalue weighted by Crippen LogP contribution is -2.17. The second kappa shape index (κ2) is 6.58. The summed E-state index contributed by atoms with van der Waals surface area (Å²) in [7, 11) is 1.99. The molecule has 1 N–H and O–H groups in total. The highest BCUT2D eigenvalue weighted by atomic mass is 15.1. The predicted molar refractivity (Wildman–Crippen MR) is 81.7 cm³/mol. The quantitative estimate of drug-likeness (QED) is 0.903. The van der Waals surface area contributed by atoms with Crippen LogP contribution in [-0.2, 0) is 6.54 Å². The van der Waals surface area contributed by atoms with E-state index in [-0.39, 0.29) is 0 Å². The molecule has 2 aromatic rings. The monoisotopic (exact) mass is 266 g/mol. The molecule has 0 saturated heterocycles. The summed E-state index contributed by atoms with van der Waals surface area (Å²) in [5.41, 5.74) is 2.79. The minimum absolute atomic E-state index is 0.691. The van der Waals surface area contributed by atoms with E-state index < -0.39 is 0 Å². The standard InChI is InChI=1S/C16H18N4/c1-3-18-16-10-13(8-9-19-16)12-20(2)15-7-5-4-6-14(15)11-17/h4-10H,3,12H2,1-2H3,(H,18,19). The highest BCUT2D eigenvalue weighted by Gasteiger charge is 2.07. The van der Waals surface area contributed by atoms with E-state index in [9.17, 15) is 0 Å². The number of nitrogens with zero attached hydrogens (tertiary/aromatic N) is 3. The van der Waals surface area contributed by atoms with Crippen molar-refractivity contribution in [1.82, 2.24) is 4.98 Å². The Balaban J connectivity index is 2.17. The van der Waals surface area contributed by atoms with Gasteiger partial charge in [0, 0.05) is 26.3 Å². The van der Waals surface area contributed by atoms with Crippen molar-refractivity contribution in [2.24, 2.45) is 0 Å². The van der Waals surface area contributed by atoms with Crippen molar-refractivity contribution in [2.45, 2.75) is 13.5 Å². The van der Waals surface area contributed by atoms with Crippen LogP contribution in [-0.4, -0.2) is 18.6 Å². The van der Waals surface area contributed by atoms with Crippen LogP contribution in [0.2, 0.25) is 0 Å². The molecule has 0 radical (unpaired) electrons. The van der Waals surface area contributed by atoms with E-state index in [1.165, 1.54) is 0 Å². The molecule has 4 heteroatoms. The van der Waals surface area contributed by atoms with Gasteiger partial charge in [-0.15, -0.1) is 0 Å². The molecule has 0 aliphatic heterocycles. The minimum atomic E-state index is 0.691. The van der Waals surface area contributed by atoms with Crippen molar-refractivity contribution in [2.75, 3.05) is 23.8 Å². The van der Waals surface area contributed by atoms with Crippen LogP contribution in [0.25, 0.3) is 0 Å². The van der Waals surface area contributed by atoms with Gasteiger partial charge in [-0.3, -0.25) is 0 Å². The molecule has 102 valence electrons. The maximum Gasteiger partial charge on any atom is 0.126 e. The number of nitrogens with one attached hydrogen (secondary N) is 1. The smallest absolute Gasteiger partial charge is 0.126 e. The van der Waals surface area contributed by atoms with Crippen LogP contribution in [0.4, 0.5) is 11.5 Å². The minimum Gasteiger partial charge on any atom is -0.370 e. The third kappa shape index (κ3) is 3.27. The van der Waals surface area contributed by atoms with Crippen molar-refractivity contribution >= 4 is 11.5 Å². The average Bonchev–Trinajstić information content (AvgIpc) is 2.48. The van der Waals surface area contributed by atoms with Crippen molar-refractivity contribution in [3.05, 3.63) is 53.7 Å². The maximum absolute atomic E-state index is 9.15. The number of para-hydroxylation sites is 1. The molecule has 0 atom stereocenters. The molecular weight excluding hydrogens is 248 g/mol. The number of rotatable bonds is 5. The van der Waals surface area contributed by atoms with E-state index in [1.807, 2.05) is 50.4 Å². The summed E-state index contributed by atoms with van der Waals surface area (Å²) in [4.78, 5) is 6.33. The lowest BCUT2D eigenvalue weighted by atomic mass is 10.1. The van der Waals surface area contributed by atoms with Crippen LogP contribution < -0.4 is 10.2 Å². The zero-order chi connectivity index (χ0) is 14.4. The van der Waals surface area contributed by atoms with Gasteiger partial charge in [-0.05, 0) is 36.8 Å². The summed E-state index contributed by atoms with van der Waals surface area (Å²) < 4.78 is 0. The van der Waals surface area contributed by atoms with Gasteiger partial charge >= 0.3 is 0 Å². The highest BCUT2D eigenvalue weighted by Crippen LogP contribution is 2.20. The topological polar surface area (TPSA) is 52.0 Å². The van der Waals surface area contributed by atoms with Crippen molar-refractivity contribution < 1.29 is 0 Å². The molecule has 0 bridgehead atoms. The van der Waals surface area contributed by atoms with Gasteiger partial charge in [0.2, 0.25) is 0 Å². The highest BCUT2D eigenvalue weighted by molar-refractivity contribution is 5.59. The summed E-state index contributed by atoms with van der Waals surface area (Å²) >= 11 is 0. The van der Waals surface area contributed by atoms with Crippen LogP contribution in [0, 0.1) is 11.3 Å². The van der Waals surface area contributed by atoms with E-state index in [4.69, 9.17) is 5.26 Å². The van der Waals surface area contributed by atoms with Gasteiger partial charge in [0.1, 0.15) is 11.9 Å². The van der Waals surface area contributed by atoms with Crippen LogP contribution in [0.5, 0.6) is 0 Å². The van der Waals surface area contributed by atoms with Crippen molar-refractivity contribution in [1.29, 1.82) is 5.26 Å². The van der Waals surface area contributed by atoms with E-state index in [1.54, 1.807) is 6.20 Å². The van der Waals surface area contributed by atoms with E-state index in [0.29, 0.717) is 5.56 Å². The number of benzene rings is 1. The van der Waals surface area contributed by atoms with Crippen LogP contribution in [0.3, 0.4) is 0 Å². The first kappa shape index (κ1) is 13.9. The lowest BCUT2D eigenvalue weighted by Gasteiger charge is -2.20. The second-order valence-electron chi connectivity index (χ2n) is 4.56. The molecule has 20 heavy (non-hydrogen) atoms. The Bertz CT molecular complexity index is 616. The van der Waals surface area contributed by atoms with E-state index in [2.05, 4.69) is 21.3 Å². The molecule has 1 heterocycles. The molecule has 0 unspecified atom stereocenters. The fourth-order valence-corrected chi connectivity index (χ4v) is 2.11. The number of hydrogen-bond donors (Lipinski definition) is 1. The fraction of sp³-hybridized carbons (Fsp3) is 0.250. The Morgan fingerprint density at radius 1 is 1.30 bits per heavy atom. The molecule has 4 nitrogen and oxygen atoms in total. The van der Waals surface area contributed by atoms with Gasteiger partial charge in [-0.25, -0.2) is 4.98 Å². The van der Waals surface area contributed by atoms with Gasteiger partial charge in [0.25, 0.3) is 0 Å². The number of aromatic nitrogens is 1. The summed E-state index contributed by atoms with van der Waals surface area (Å²) in [5.74, 6) is 0.881. The summed E-state index contributed by atoms with van der Waals surface area (Å²) in [5, 5.41) is 12.4. The van der Waals surface area contributed by atoms with Crippen LogP contribution in [0.1, 0.15) is 18.1 Å². The first-order valence-corrected chi connectivity index (χ1v) is 6.63. The van der Waals surface area contributed by atoms with Crippen LogP contribution >= 0.6 is 0 Å². The van der Waals surface area contributed by atoms with Gasteiger partial charge in [0.15, 0.2) is 0 Å². The van der Waals surface area contributed by atoms with Gasteiger partial charge < -0.3 is 10.2 Å². The summed E-state index contributed by atoms with van der Waals surface area (Å²) in [6.07, 6.45) is 1.80. The molecule has 2 rings (SSSR count). The first-order valence-electron chi connectivity index (χ1n) is 6.63. The van der Waals surface area contributed by atoms with Crippen molar-refractivity contribution in [3.63, 3.8) is 0 Å². The molecular formula is C16H18N4. The normalized spacial score (nSPS) is 9.85. The maximum atomic E-state index is 9.15. The largest absolute Gasteiger partial charge is 0.370 e. The van der Waals surface area contributed by atoms with Gasteiger partial charge in [-0.2, -0.15) is 5.26 Å². The van der Waals surface area contributed by atoms with Crippen molar-refractivity contribution in [3.8, 4) is 6.07 Å². The third-order valence-corrected chi connectivity index (χ3v) is 3.04. The number of anilines is 2. The molecule has 1 aromatic heterocycles. The molecule has 0 aliphatic carbocycles. The molecule has 0 saturated carbocycles. The van der Waals surface area contributed by atoms with E-state index in [0.717, 1.165) is 30.2 Å². The SMILES string of the molecule is CCNc1cc(CN(C)c2ccccc2C#N)ccn1. The molecule has 0 spiro atoms. The third-order valence-electron chi connectivity index (χ3n) is 3.04. The van der Waals surface area contributed by atoms with E-state index >= 15 is 0 Å². The second-order valence-corrected chi connectivity index (χ2v) is 4.56. The first-order chi connectivity index (χ1) is 9.74. The van der Waals surface area contributed by atoms with Crippen LogP contribution in [0.15, 0.2) is 42.6 Å². The Labute approximate surface area is 119 Å². The molecule has 0 fully saturated rings. The van der Waals surface area contributed by atoms with Gasteiger partial charge in [-0.1, -0.05) is 12.1 Å². The summed E-state index contributed by atoms with van der Waals surface area (Å²) in [6, 6.07) is 13.9. The number of hydrogen-bond acceptors (Lipinski definition) is 4. The molecule has 1 aromatic carbocycles. The number of nitriles is 1. The zero-order valence-electron chi connectivity index (χ0n) is 11.8. The predicted octanol–water partition coefficient (Wildman–Crippen LogP) is 3.02. The number of pyridine rings is 1. The fourth-order valence-electron chi connectivity index (χ4n) is 2.11. The zero-order valence-corrected chi connectivity index (χ0v) is 11.8. The Morgan fingerprint density at radius 3 is 2.85 bits per heavy atom. The molecule has 0 aliphatic rings. The molecule has 0 amide bonds. The Kier molecular flexibility index (Phi) is 4.56. The summed E-state index contributed by atoms with van der Waals surface area (Å²) in [6.45, 7) is 3.63. The lowest BCUT2D eigenvalue weighted by molar-refractivity contribution is 0.917. The average molecular weight is 266 g/mol. The van der Waals surface area contributed by atoms with Gasteiger partial charge in [0.05, 0.1) is 11.3 Å². The Hall–Kier alpha value is -2.54. The Morgan fingerprint density at radius 2 is 2.10 bits per heavy atom.